The molecule has 0 spiro atoms. The summed E-state index contributed by atoms with van der Waals surface area (Å²) in [7, 11) is 1.65. The molecule has 13 heavy (non-hydrogen) atoms. The van der Waals surface area contributed by atoms with Crippen LogP contribution in [-0.4, -0.2) is 12.1 Å². The summed E-state index contributed by atoms with van der Waals surface area (Å²) >= 11 is 5.87. The van der Waals surface area contributed by atoms with Gasteiger partial charge >= 0.3 is 0 Å². The molecule has 70 valence electrons. The zero-order valence-electron chi connectivity index (χ0n) is 7.64. The minimum atomic E-state index is 0.539. The van der Waals surface area contributed by atoms with E-state index in [0.717, 1.165) is 12.8 Å². The number of fused-ring (bicyclic) bond motifs is 1. The van der Waals surface area contributed by atoms with Crippen LogP contribution in [0.15, 0.2) is 6.07 Å². The first-order chi connectivity index (χ1) is 6.31. The van der Waals surface area contributed by atoms with Gasteiger partial charge in [-0.1, -0.05) is 11.6 Å². The summed E-state index contributed by atoms with van der Waals surface area (Å²) in [5, 5.41) is 0.539. The van der Waals surface area contributed by atoms with E-state index in [1.807, 2.05) is 6.07 Å². The number of halogens is 1. The van der Waals surface area contributed by atoms with E-state index >= 15 is 0 Å². The Morgan fingerprint density at radius 2 is 2.15 bits per heavy atom. The van der Waals surface area contributed by atoms with E-state index in [9.17, 15) is 0 Å². The summed E-state index contributed by atoms with van der Waals surface area (Å²) in [5.74, 6) is 0.710. The molecule has 1 aliphatic carbocycles. The smallest absolute Gasteiger partial charge is 0.217 e. The van der Waals surface area contributed by atoms with Crippen LogP contribution in [-0.2, 0) is 12.8 Å². The van der Waals surface area contributed by atoms with Gasteiger partial charge in [-0.25, -0.2) is 4.98 Å². The van der Waals surface area contributed by atoms with Crippen molar-refractivity contribution in [3.05, 3.63) is 22.3 Å². The monoisotopic (exact) mass is 197 g/mol. The Morgan fingerprint density at radius 3 is 2.92 bits per heavy atom. The largest absolute Gasteiger partial charge is 0.481 e. The van der Waals surface area contributed by atoms with Gasteiger partial charge in [0.1, 0.15) is 5.15 Å². The van der Waals surface area contributed by atoms with Crippen molar-refractivity contribution in [3.63, 3.8) is 0 Å². The molecule has 0 aliphatic heterocycles. The number of aryl methyl sites for hydroxylation is 1. The molecule has 3 heteroatoms. The summed E-state index contributed by atoms with van der Waals surface area (Å²) < 4.78 is 5.20. The molecule has 0 fully saturated rings. The normalized spacial score (nSPS) is 15.2. The van der Waals surface area contributed by atoms with Crippen LogP contribution in [0.3, 0.4) is 0 Å². The molecule has 0 unspecified atom stereocenters. The van der Waals surface area contributed by atoms with E-state index in [1.165, 1.54) is 24.0 Å². The summed E-state index contributed by atoms with van der Waals surface area (Å²) in [4.78, 5) is 4.15. The van der Waals surface area contributed by atoms with E-state index in [-0.39, 0.29) is 0 Å². The van der Waals surface area contributed by atoms with Crippen molar-refractivity contribution in [2.45, 2.75) is 25.7 Å². The van der Waals surface area contributed by atoms with E-state index in [2.05, 4.69) is 4.98 Å². The predicted molar refractivity (Wildman–Crippen MR) is 52.4 cm³/mol. The third-order valence-electron chi connectivity index (χ3n) is 2.46. The van der Waals surface area contributed by atoms with Crippen molar-refractivity contribution in [2.24, 2.45) is 0 Å². The molecule has 0 N–H and O–H groups in total. The zero-order valence-corrected chi connectivity index (χ0v) is 8.40. The third-order valence-corrected chi connectivity index (χ3v) is 2.66. The van der Waals surface area contributed by atoms with Crippen LogP contribution < -0.4 is 4.74 Å². The molecule has 2 rings (SSSR count). The standard InChI is InChI=1S/C10H12ClNO/c1-13-10-8-5-3-2-4-7(8)6-9(11)12-10/h6H,2-5H2,1H3. The average Bonchev–Trinajstić information content (AvgIpc) is 2.16. The first-order valence-corrected chi connectivity index (χ1v) is 4.91. The van der Waals surface area contributed by atoms with Gasteiger partial charge in [0.05, 0.1) is 7.11 Å². The molecule has 1 aromatic rings. The molecule has 0 aromatic carbocycles. The number of ether oxygens (including phenoxy) is 1. The highest BCUT2D eigenvalue weighted by atomic mass is 35.5. The van der Waals surface area contributed by atoms with Gasteiger partial charge in [0, 0.05) is 5.56 Å². The summed E-state index contributed by atoms with van der Waals surface area (Å²) in [6, 6.07) is 1.96. The fraction of sp³-hybridized carbons (Fsp3) is 0.500. The minimum absolute atomic E-state index is 0.539. The number of hydrogen-bond acceptors (Lipinski definition) is 2. The van der Waals surface area contributed by atoms with Gasteiger partial charge < -0.3 is 4.74 Å². The first kappa shape index (κ1) is 8.82. The maximum atomic E-state index is 5.87. The van der Waals surface area contributed by atoms with Gasteiger partial charge in [-0.3, -0.25) is 0 Å². The number of hydrogen-bond donors (Lipinski definition) is 0. The Morgan fingerprint density at radius 1 is 1.38 bits per heavy atom. The van der Waals surface area contributed by atoms with Gasteiger partial charge in [0.25, 0.3) is 0 Å². The van der Waals surface area contributed by atoms with Crippen molar-refractivity contribution in [2.75, 3.05) is 7.11 Å². The Kier molecular flexibility index (Phi) is 2.40. The Hall–Kier alpha value is -0.760. The van der Waals surface area contributed by atoms with Crippen LogP contribution in [0.2, 0.25) is 5.15 Å². The van der Waals surface area contributed by atoms with Gasteiger partial charge in [-0.15, -0.1) is 0 Å². The molecule has 0 saturated heterocycles. The molecule has 0 atom stereocenters. The lowest BCUT2D eigenvalue weighted by atomic mass is 9.93. The Balaban J connectivity index is 2.50. The molecule has 0 amide bonds. The summed E-state index contributed by atoms with van der Waals surface area (Å²) in [5.41, 5.74) is 2.56. The highest BCUT2D eigenvalue weighted by molar-refractivity contribution is 6.29. The lowest BCUT2D eigenvalue weighted by molar-refractivity contribution is 0.389. The fourth-order valence-corrected chi connectivity index (χ4v) is 2.05. The SMILES string of the molecule is COc1nc(Cl)cc2c1CCCC2. The van der Waals surface area contributed by atoms with Gasteiger partial charge in [-0.2, -0.15) is 0 Å². The van der Waals surface area contributed by atoms with Crippen LogP contribution in [0.5, 0.6) is 5.88 Å². The van der Waals surface area contributed by atoms with E-state index < -0.39 is 0 Å². The molecule has 0 bridgehead atoms. The summed E-state index contributed by atoms with van der Waals surface area (Å²) in [6.07, 6.45) is 4.65. The van der Waals surface area contributed by atoms with E-state index in [0.29, 0.717) is 11.0 Å². The van der Waals surface area contributed by atoms with Crippen LogP contribution in [0.1, 0.15) is 24.0 Å². The first-order valence-electron chi connectivity index (χ1n) is 4.53. The van der Waals surface area contributed by atoms with Gasteiger partial charge in [0.15, 0.2) is 0 Å². The summed E-state index contributed by atoms with van der Waals surface area (Å²) in [6.45, 7) is 0. The Labute approximate surface area is 82.9 Å². The topological polar surface area (TPSA) is 22.1 Å². The van der Waals surface area contributed by atoms with Crippen molar-refractivity contribution in [1.82, 2.24) is 4.98 Å². The fourth-order valence-electron chi connectivity index (χ4n) is 1.84. The lowest BCUT2D eigenvalue weighted by Gasteiger charge is -2.17. The molecule has 2 nitrogen and oxygen atoms in total. The number of methoxy groups -OCH3 is 1. The van der Waals surface area contributed by atoms with E-state index in [4.69, 9.17) is 16.3 Å². The number of pyridine rings is 1. The second kappa shape index (κ2) is 3.54. The maximum absolute atomic E-state index is 5.87. The Bertz CT molecular complexity index is 308. The minimum Gasteiger partial charge on any atom is -0.481 e. The average molecular weight is 198 g/mol. The number of rotatable bonds is 1. The molecule has 1 aromatic heterocycles. The second-order valence-electron chi connectivity index (χ2n) is 3.30. The lowest BCUT2D eigenvalue weighted by Crippen LogP contribution is -2.06. The zero-order chi connectivity index (χ0) is 9.26. The van der Waals surface area contributed by atoms with Gasteiger partial charge in [0.2, 0.25) is 5.88 Å². The molecular weight excluding hydrogens is 186 g/mol. The highest BCUT2D eigenvalue weighted by Crippen LogP contribution is 2.29. The third kappa shape index (κ3) is 1.63. The molecule has 0 radical (unpaired) electrons. The van der Waals surface area contributed by atoms with Crippen LogP contribution >= 0.6 is 11.6 Å². The van der Waals surface area contributed by atoms with Crippen LogP contribution in [0.25, 0.3) is 0 Å². The predicted octanol–water partition coefficient (Wildman–Crippen LogP) is 2.62. The molecule has 0 saturated carbocycles. The van der Waals surface area contributed by atoms with Gasteiger partial charge in [-0.05, 0) is 37.3 Å². The van der Waals surface area contributed by atoms with Crippen LogP contribution in [0.4, 0.5) is 0 Å². The molecular formula is C10H12ClNO. The molecule has 1 heterocycles. The van der Waals surface area contributed by atoms with Crippen molar-refractivity contribution in [1.29, 1.82) is 0 Å². The van der Waals surface area contributed by atoms with Crippen molar-refractivity contribution in [3.8, 4) is 5.88 Å². The van der Waals surface area contributed by atoms with E-state index in [1.54, 1.807) is 7.11 Å². The second-order valence-corrected chi connectivity index (χ2v) is 3.69. The number of aromatic nitrogens is 1. The number of nitrogens with zero attached hydrogens (tertiary/aromatic N) is 1. The van der Waals surface area contributed by atoms with Crippen LogP contribution in [0, 0.1) is 0 Å². The quantitative estimate of drug-likeness (QED) is 0.646. The maximum Gasteiger partial charge on any atom is 0.217 e. The van der Waals surface area contributed by atoms with Crippen molar-refractivity contribution < 1.29 is 4.74 Å². The highest BCUT2D eigenvalue weighted by Gasteiger charge is 2.15. The molecule has 1 aliphatic rings. The van der Waals surface area contributed by atoms with Crippen molar-refractivity contribution >= 4 is 11.6 Å².